The van der Waals surface area contributed by atoms with Crippen LogP contribution in [-0.2, 0) is 4.74 Å². The van der Waals surface area contributed by atoms with Crippen LogP contribution in [0, 0.1) is 11.6 Å². The topological polar surface area (TPSA) is 55.4 Å². The number of amides is 1. The smallest absolute Gasteiger partial charge is 0.337 e. The minimum absolute atomic E-state index is 0.186. The van der Waals surface area contributed by atoms with Crippen LogP contribution in [0.2, 0.25) is 0 Å². The summed E-state index contributed by atoms with van der Waals surface area (Å²) in [7, 11) is 1.27. The highest BCUT2D eigenvalue weighted by atomic mass is 19.1. The fourth-order valence-electron chi connectivity index (χ4n) is 2.09. The number of hydrogen-bond donors (Lipinski definition) is 1. The van der Waals surface area contributed by atoms with Gasteiger partial charge in [-0.15, -0.1) is 0 Å². The van der Waals surface area contributed by atoms with E-state index in [4.69, 9.17) is 0 Å². The Morgan fingerprint density at radius 3 is 2.22 bits per heavy atom. The molecule has 1 atom stereocenters. The number of methoxy groups -OCH3 is 1. The number of esters is 1. The molecule has 1 unspecified atom stereocenters. The molecule has 4 nitrogen and oxygen atoms in total. The van der Waals surface area contributed by atoms with Crippen LogP contribution in [-0.4, -0.2) is 19.0 Å². The van der Waals surface area contributed by atoms with Gasteiger partial charge in [-0.25, -0.2) is 13.6 Å². The molecule has 0 spiro atoms. The van der Waals surface area contributed by atoms with Gasteiger partial charge in [-0.2, -0.15) is 0 Å². The second-order valence-electron chi connectivity index (χ2n) is 4.93. The van der Waals surface area contributed by atoms with Gasteiger partial charge in [-0.05, 0) is 37.3 Å². The van der Waals surface area contributed by atoms with Crippen molar-refractivity contribution in [1.82, 2.24) is 5.32 Å². The van der Waals surface area contributed by atoms with E-state index in [9.17, 15) is 18.4 Å². The third-order valence-electron chi connectivity index (χ3n) is 3.34. The van der Waals surface area contributed by atoms with Gasteiger partial charge >= 0.3 is 5.97 Å². The SMILES string of the molecule is COC(=O)c1ccc(C(=O)NC(C)c2ccc(F)cc2F)cc1. The van der Waals surface area contributed by atoms with E-state index < -0.39 is 29.6 Å². The highest BCUT2D eigenvalue weighted by Gasteiger charge is 2.16. The molecule has 6 heteroatoms. The first-order valence-corrected chi connectivity index (χ1v) is 6.86. The summed E-state index contributed by atoms with van der Waals surface area (Å²) in [5, 5.41) is 2.62. The number of carbonyl (C=O) groups is 2. The van der Waals surface area contributed by atoms with E-state index in [0.29, 0.717) is 11.1 Å². The summed E-state index contributed by atoms with van der Waals surface area (Å²) in [4.78, 5) is 23.5. The molecule has 0 aliphatic carbocycles. The molecule has 2 aromatic rings. The minimum Gasteiger partial charge on any atom is -0.465 e. The molecule has 0 fully saturated rings. The normalized spacial score (nSPS) is 11.7. The minimum atomic E-state index is -0.723. The molecular weight excluding hydrogens is 304 g/mol. The molecular formula is C17H15F2NO3. The Bertz CT molecular complexity index is 729. The number of halogens is 2. The zero-order valence-corrected chi connectivity index (χ0v) is 12.6. The van der Waals surface area contributed by atoms with E-state index in [-0.39, 0.29) is 5.56 Å². The van der Waals surface area contributed by atoms with E-state index in [1.54, 1.807) is 6.92 Å². The highest BCUT2D eigenvalue weighted by Crippen LogP contribution is 2.18. The number of rotatable bonds is 4. The molecule has 0 aliphatic rings. The van der Waals surface area contributed by atoms with Crippen LogP contribution >= 0.6 is 0 Å². The Hall–Kier alpha value is -2.76. The van der Waals surface area contributed by atoms with Gasteiger partial charge in [0.2, 0.25) is 0 Å². The van der Waals surface area contributed by atoms with E-state index >= 15 is 0 Å². The fraction of sp³-hybridized carbons (Fsp3) is 0.176. The number of ether oxygens (including phenoxy) is 1. The molecule has 0 heterocycles. The summed E-state index contributed by atoms with van der Waals surface area (Å²) in [5.74, 6) is -2.33. The van der Waals surface area contributed by atoms with Crippen molar-refractivity contribution in [2.75, 3.05) is 7.11 Å². The first kappa shape index (κ1) is 16.6. The summed E-state index contributed by atoms with van der Waals surface area (Å²) < 4.78 is 31.2. The van der Waals surface area contributed by atoms with E-state index in [0.717, 1.165) is 12.1 Å². The Kier molecular flexibility index (Phi) is 5.05. The number of carbonyl (C=O) groups excluding carboxylic acids is 2. The predicted octanol–water partition coefficient (Wildman–Crippen LogP) is 3.24. The second kappa shape index (κ2) is 7.00. The zero-order chi connectivity index (χ0) is 17.0. The molecule has 0 saturated carbocycles. The average Bonchev–Trinajstić information content (AvgIpc) is 2.54. The molecule has 1 amide bonds. The van der Waals surface area contributed by atoms with Crippen molar-refractivity contribution < 1.29 is 23.1 Å². The summed E-state index contributed by atoms with van der Waals surface area (Å²) in [6.45, 7) is 1.59. The van der Waals surface area contributed by atoms with Crippen molar-refractivity contribution >= 4 is 11.9 Å². The molecule has 2 rings (SSSR count). The lowest BCUT2D eigenvalue weighted by molar-refractivity contribution is 0.0600. The van der Waals surface area contributed by atoms with Crippen molar-refractivity contribution in [2.45, 2.75) is 13.0 Å². The maximum absolute atomic E-state index is 13.7. The number of benzene rings is 2. The summed E-state index contributed by atoms with van der Waals surface area (Å²) in [6.07, 6.45) is 0. The van der Waals surface area contributed by atoms with Crippen molar-refractivity contribution in [1.29, 1.82) is 0 Å². The van der Waals surface area contributed by atoms with Crippen LogP contribution < -0.4 is 5.32 Å². The van der Waals surface area contributed by atoms with Crippen molar-refractivity contribution in [3.05, 3.63) is 70.8 Å². The van der Waals surface area contributed by atoms with Gasteiger partial charge < -0.3 is 10.1 Å². The molecule has 0 aromatic heterocycles. The molecule has 1 N–H and O–H groups in total. The van der Waals surface area contributed by atoms with Crippen LogP contribution in [0.5, 0.6) is 0 Å². The molecule has 0 saturated heterocycles. The number of hydrogen-bond acceptors (Lipinski definition) is 3. The maximum atomic E-state index is 13.7. The quantitative estimate of drug-likeness (QED) is 0.880. The van der Waals surface area contributed by atoms with Crippen LogP contribution in [0.1, 0.15) is 39.2 Å². The Morgan fingerprint density at radius 2 is 1.65 bits per heavy atom. The lowest BCUT2D eigenvalue weighted by atomic mass is 10.1. The Morgan fingerprint density at radius 1 is 1.04 bits per heavy atom. The van der Waals surface area contributed by atoms with Gasteiger partial charge in [-0.3, -0.25) is 4.79 Å². The standard InChI is InChI=1S/C17H15F2NO3/c1-10(14-8-7-13(18)9-15(14)19)20-16(21)11-3-5-12(6-4-11)17(22)23-2/h3-10H,1-2H3,(H,20,21). The van der Waals surface area contributed by atoms with Crippen molar-refractivity contribution in [3.8, 4) is 0 Å². The van der Waals surface area contributed by atoms with Gasteiger partial charge in [0.25, 0.3) is 5.91 Å². The third-order valence-corrected chi connectivity index (χ3v) is 3.34. The first-order valence-electron chi connectivity index (χ1n) is 6.86. The van der Waals surface area contributed by atoms with E-state index in [1.165, 1.54) is 37.4 Å². The average molecular weight is 319 g/mol. The lowest BCUT2D eigenvalue weighted by Crippen LogP contribution is -2.27. The highest BCUT2D eigenvalue weighted by molar-refractivity contribution is 5.96. The molecule has 0 radical (unpaired) electrons. The Labute approximate surface area is 132 Å². The first-order chi connectivity index (χ1) is 10.9. The van der Waals surface area contributed by atoms with Crippen molar-refractivity contribution in [2.24, 2.45) is 0 Å². The molecule has 23 heavy (non-hydrogen) atoms. The van der Waals surface area contributed by atoms with Crippen LogP contribution in [0.15, 0.2) is 42.5 Å². The fourth-order valence-corrected chi connectivity index (χ4v) is 2.09. The summed E-state index contributed by atoms with van der Waals surface area (Å²) >= 11 is 0. The van der Waals surface area contributed by atoms with Crippen LogP contribution in [0.3, 0.4) is 0 Å². The molecule has 2 aromatic carbocycles. The Balaban J connectivity index is 2.10. The monoisotopic (exact) mass is 319 g/mol. The molecule has 0 aliphatic heterocycles. The van der Waals surface area contributed by atoms with Gasteiger partial charge in [0.15, 0.2) is 0 Å². The van der Waals surface area contributed by atoms with Gasteiger partial charge in [0.05, 0.1) is 18.7 Å². The zero-order valence-electron chi connectivity index (χ0n) is 12.6. The van der Waals surface area contributed by atoms with Crippen LogP contribution in [0.25, 0.3) is 0 Å². The largest absolute Gasteiger partial charge is 0.465 e. The third kappa shape index (κ3) is 3.91. The summed E-state index contributed by atoms with van der Waals surface area (Å²) in [5.41, 5.74) is 0.819. The van der Waals surface area contributed by atoms with Gasteiger partial charge in [0.1, 0.15) is 11.6 Å². The van der Waals surface area contributed by atoms with Gasteiger partial charge in [-0.1, -0.05) is 6.07 Å². The molecule has 120 valence electrons. The van der Waals surface area contributed by atoms with E-state index in [2.05, 4.69) is 10.1 Å². The van der Waals surface area contributed by atoms with Gasteiger partial charge in [0, 0.05) is 17.2 Å². The van der Waals surface area contributed by atoms with E-state index in [1.807, 2.05) is 0 Å². The molecule has 0 bridgehead atoms. The second-order valence-corrected chi connectivity index (χ2v) is 4.93. The summed E-state index contributed by atoms with van der Waals surface area (Å²) in [6, 6.07) is 8.41. The predicted molar refractivity (Wildman–Crippen MR) is 80.0 cm³/mol. The van der Waals surface area contributed by atoms with Crippen LogP contribution in [0.4, 0.5) is 8.78 Å². The lowest BCUT2D eigenvalue weighted by Gasteiger charge is -2.15. The van der Waals surface area contributed by atoms with Crippen molar-refractivity contribution in [3.63, 3.8) is 0 Å². The maximum Gasteiger partial charge on any atom is 0.337 e. The number of nitrogens with one attached hydrogen (secondary N) is 1.